The second kappa shape index (κ2) is 5.65. The monoisotopic (exact) mass is 254 g/mol. The molecule has 1 amide bonds. The molecule has 17 heavy (non-hydrogen) atoms. The molecule has 0 spiro atoms. The first kappa shape index (κ1) is 14.2. The maximum Gasteiger partial charge on any atom is 0.242 e. The Morgan fingerprint density at radius 1 is 1.47 bits per heavy atom. The van der Waals surface area contributed by atoms with Crippen molar-refractivity contribution in [3.63, 3.8) is 0 Å². The highest BCUT2D eigenvalue weighted by atomic mass is 32.1. The standard InChI is InChI=1S/C13H22N2OS/c1-5-13(14,6-2)12(16)15(4)9-11-10(3)7-8-17-11/h7-8H,5-6,9,14H2,1-4H3. The summed E-state index contributed by atoms with van der Waals surface area (Å²) in [6, 6.07) is 2.08. The van der Waals surface area contributed by atoms with Crippen LogP contribution in [0.15, 0.2) is 11.4 Å². The number of carbonyl (C=O) groups excluding carboxylic acids is 1. The summed E-state index contributed by atoms with van der Waals surface area (Å²) >= 11 is 1.69. The molecule has 4 heteroatoms. The Morgan fingerprint density at radius 2 is 2.06 bits per heavy atom. The first-order chi connectivity index (χ1) is 7.94. The Bertz CT molecular complexity index is 383. The Balaban J connectivity index is 2.74. The molecule has 1 rings (SSSR count). The van der Waals surface area contributed by atoms with Gasteiger partial charge in [-0.25, -0.2) is 0 Å². The molecule has 0 aliphatic rings. The second-order valence-electron chi connectivity index (χ2n) is 4.55. The van der Waals surface area contributed by atoms with Crippen molar-refractivity contribution in [2.75, 3.05) is 7.05 Å². The summed E-state index contributed by atoms with van der Waals surface area (Å²) in [6.07, 6.45) is 1.35. The summed E-state index contributed by atoms with van der Waals surface area (Å²) in [5.41, 5.74) is 6.65. The molecule has 0 radical (unpaired) electrons. The topological polar surface area (TPSA) is 46.3 Å². The van der Waals surface area contributed by atoms with Crippen LogP contribution in [0.1, 0.15) is 37.1 Å². The third-order valence-corrected chi connectivity index (χ3v) is 4.39. The van der Waals surface area contributed by atoms with Gasteiger partial charge in [0.2, 0.25) is 5.91 Å². The van der Waals surface area contributed by atoms with E-state index in [9.17, 15) is 4.79 Å². The van der Waals surface area contributed by atoms with Gasteiger partial charge >= 0.3 is 0 Å². The van der Waals surface area contributed by atoms with Crippen LogP contribution < -0.4 is 5.73 Å². The molecule has 96 valence electrons. The van der Waals surface area contributed by atoms with Crippen LogP contribution in [0, 0.1) is 6.92 Å². The predicted octanol–water partition coefficient (Wildman–Crippen LogP) is 2.53. The SMILES string of the molecule is CCC(N)(CC)C(=O)N(C)Cc1sccc1C. The third kappa shape index (κ3) is 3.07. The zero-order valence-corrected chi connectivity index (χ0v) is 11.9. The Morgan fingerprint density at radius 3 is 2.47 bits per heavy atom. The number of nitrogens with two attached hydrogens (primary N) is 1. The number of nitrogens with zero attached hydrogens (tertiary/aromatic N) is 1. The molecule has 0 atom stereocenters. The molecule has 3 nitrogen and oxygen atoms in total. The quantitative estimate of drug-likeness (QED) is 0.877. The van der Waals surface area contributed by atoms with Crippen LogP contribution in [0.2, 0.25) is 0 Å². The molecule has 0 saturated heterocycles. The van der Waals surface area contributed by atoms with Gasteiger partial charge in [-0.3, -0.25) is 4.79 Å². The number of hydrogen-bond donors (Lipinski definition) is 1. The average molecular weight is 254 g/mol. The first-order valence-corrected chi connectivity index (χ1v) is 6.90. The summed E-state index contributed by atoms with van der Waals surface area (Å²) in [6.45, 7) is 6.65. The highest BCUT2D eigenvalue weighted by molar-refractivity contribution is 7.10. The molecule has 2 N–H and O–H groups in total. The zero-order valence-electron chi connectivity index (χ0n) is 11.1. The van der Waals surface area contributed by atoms with Crippen LogP contribution in [0.5, 0.6) is 0 Å². The normalized spacial score (nSPS) is 11.6. The summed E-state index contributed by atoms with van der Waals surface area (Å²) in [7, 11) is 1.83. The van der Waals surface area contributed by atoms with Gasteiger partial charge in [0.15, 0.2) is 0 Å². The molecule has 0 fully saturated rings. The summed E-state index contributed by atoms with van der Waals surface area (Å²) in [5.74, 6) is 0.0373. The smallest absolute Gasteiger partial charge is 0.242 e. The van der Waals surface area contributed by atoms with Gasteiger partial charge in [-0.2, -0.15) is 0 Å². The lowest BCUT2D eigenvalue weighted by Gasteiger charge is -2.30. The molecule has 0 bridgehead atoms. The van der Waals surface area contributed by atoms with Crippen molar-refractivity contribution in [1.29, 1.82) is 0 Å². The highest BCUT2D eigenvalue weighted by Gasteiger charge is 2.32. The maximum absolute atomic E-state index is 12.3. The van der Waals surface area contributed by atoms with E-state index in [1.807, 2.05) is 20.9 Å². The lowest BCUT2D eigenvalue weighted by Crippen LogP contribution is -2.53. The van der Waals surface area contributed by atoms with Crippen LogP contribution in [-0.4, -0.2) is 23.4 Å². The Hall–Kier alpha value is -0.870. The number of amides is 1. The van der Waals surface area contributed by atoms with Gasteiger partial charge in [0.25, 0.3) is 0 Å². The maximum atomic E-state index is 12.3. The van der Waals surface area contributed by atoms with Crippen LogP contribution in [0.4, 0.5) is 0 Å². The van der Waals surface area contributed by atoms with Gasteiger partial charge in [0, 0.05) is 11.9 Å². The van der Waals surface area contributed by atoms with Gasteiger partial charge in [0.1, 0.15) is 0 Å². The molecule has 0 aliphatic heterocycles. The number of hydrogen-bond acceptors (Lipinski definition) is 3. The zero-order chi connectivity index (χ0) is 13.1. The molecule has 1 aromatic rings. The van der Waals surface area contributed by atoms with Crippen molar-refractivity contribution in [1.82, 2.24) is 4.90 Å². The van der Waals surface area contributed by atoms with Crippen LogP contribution in [0.25, 0.3) is 0 Å². The number of rotatable bonds is 5. The van der Waals surface area contributed by atoms with Gasteiger partial charge in [-0.15, -0.1) is 11.3 Å². The number of thiophene rings is 1. The van der Waals surface area contributed by atoms with Crippen molar-refractivity contribution in [2.45, 2.75) is 45.7 Å². The summed E-state index contributed by atoms with van der Waals surface area (Å²) in [4.78, 5) is 15.2. The summed E-state index contributed by atoms with van der Waals surface area (Å²) in [5, 5.41) is 2.05. The van der Waals surface area contributed by atoms with E-state index < -0.39 is 5.54 Å². The van der Waals surface area contributed by atoms with E-state index in [0.29, 0.717) is 19.4 Å². The minimum absolute atomic E-state index is 0.0373. The average Bonchev–Trinajstić information content (AvgIpc) is 2.73. The number of aryl methyl sites for hydroxylation is 1. The second-order valence-corrected chi connectivity index (χ2v) is 5.55. The molecule has 1 heterocycles. The lowest BCUT2D eigenvalue weighted by molar-refractivity contribution is -0.136. The predicted molar refractivity (Wildman–Crippen MR) is 73.0 cm³/mol. The number of likely N-dealkylation sites (N-methyl/N-ethyl adjacent to an activating group) is 1. The van der Waals surface area contributed by atoms with E-state index >= 15 is 0 Å². The molecule has 0 aliphatic carbocycles. The van der Waals surface area contributed by atoms with E-state index in [4.69, 9.17) is 5.73 Å². The van der Waals surface area contributed by atoms with E-state index in [1.54, 1.807) is 16.2 Å². The van der Waals surface area contributed by atoms with Crippen LogP contribution in [-0.2, 0) is 11.3 Å². The Labute approximate surface area is 108 Å². The van der Waals surface area contributed by atoms with Crippen molar-refractivity contribution < 1.29 is 4.79 Å². The lowest BCUT2D eigenvalue weighted by atomic mass is 9.92. The van der Waals surface area contributed by atoms with E-state index in [-0.39, 0.29) is 5.91 Å². The van der Waals surface area contributed by atoms with Crippen molar-refractivity contribution >= 4 is 17.2 Å². The fourth-order valence-electron chi connectivity index (χ4n) is 1.79. The van der Waals surface area contributed by atoms with E-state index in [0.717, 1.165) is 0 Å². The molecule has 1 aromatic heterocycles. The molecule has 0 saturated carbocycles. The van der Waals surface area contributed by atoms with E-state index in [2.05, 4.69) is 18.4 Å². The van der Waals surface area contributed by atoms with Crippen molar-refractivity contribution in [3.05, 3.63) is 21.9 Å². The fourth-order valence-corrected chi connectivity index (χ4v) is 2.74. The van der Waals surface area contributed by atoms with Crippen LogP contribution in [0.3, 0.4) is 0 Å². The first-order valence-electron chi connectivity index (χ1n) is 6.02. The third-order valence-electron chi connectivity index (χ3n) is 3.38. The minimum Gasteiger partial charge on any atom is -0.339 e. The van der Waals surface area contributed by atoms with Gasteiger partial charge in [-0.1, -0.05) is 13.8 Å². The van der Waals surface area contributed by atoms with E-state index in [1.165, 1.54) is 10.4 Å². The fraction of sp³-hybridized carbons (Fsp3) is 0.615. The Kier molecular flexibility index (Phi) is 4.71. The largest absolute Gasteiger partial charge is 0.339 e. The van der Waals surface area contributed by atoms with Gasteiger partial charge in [-0.05, 0) is 36.8 Å². The van der Waals surface area contributed by atoms with Crippen molar-refractivity contribution in [3.8, 4) is 0 Å². The van der Waals surface area contributed by atoms with Gasteiger partial charge < -0.3 is 10.6 Å². The van der Waals surface area contributed by atoms with Crippen molar-refractivity contribution in [2.24, 2.45) is 5.73 Å². The summed E-state index contributed by atoms with van der Waals surface area (Å²) < 4.78 is 0. The molecular weight excluding hydrogens is 232 g/mol. The highest BCUT2D eigenvalue weighted by Crippen LogP contribution is 2.20. The number of carbonyl (C=O) groups is 1. The molecular formula is C13H22N2OS. The molecule has 0 aromatic carbocycles. The minimum atomic E-state index is -0.708. The van der Waals surface area contributed by atoms with Gasteiger partial charge in [0.05, 0.1) is 12.1 Å². The molecule has 0 unspecified atom stereocenters. The van der Waals surface area contributed by atoms with Crippen LogP contribution >= 0.6 is 11.3 Å².